The Kier molecular flexibility index (Phi) is 6.26. The predicted octanol–water partition coefficient (Wildman–Crippen LogP) is 2.08. The minimum Gasteiger partial charge on any atom is -0.477 e. The van der Waals surface area contributed by atoms with Crippen LogP contribution in [-0.2, 0) is 44.1 Å². The normalized spacial score (nSPS) is 22.2. The molecule has 0 saturated heterocycles. The van der Waals surface area contributed by atoms with Crippen LogP contribution in [0.25, 0.3) is 0 Å². The van der Waals surface area contributed by atoms with Gasteiger partial charge in [0.05, 0.1) is 18.0 Å². The molecule has 3 aliphatic carbocycles. The number of allylic oxidation sites excluding steroid dienone is 1. The summed E-state index contributed by atoms with van der Waals surface area (Å²) in [5.41, 5.74) is 12.7. The number of fused-ring (bicyclic) bond motifs is 3. The summed E-state index contributed by atoms with van der Waals surface area (Å²) in [5, 5.41) is 8.51. The fourth-order valence-corrected chi connectivity index (χ4v) is 5.89. The first-order valence-corrected chi connectivity index (χ1v) is 12.7. The van der Waals surface area contributed by atoms with E-state index in [1.165, 1.54) is 55.2 Å². The van der Waals surface area contributed by atoms with Crippen LogP contribution in [0.15, 0.2) is 20.0 Å². The molecule has 1 aliphatic heterocycles. The lowest BCUT2D eigenvalue weighted by atomic mass is 10.0. The minimum absolute atomic E-state index is 0.213. The fourth-order valence-electron chi connectivity index (χ4n) is 4.87. The Balaban J connectivity index is 0.000000155. The van der Waals surface area contributed by atoms with Gasteiger partial charge in [-0.2, -0.15) is 0 Å². The van der Waals surface area contributed by atoms with Crippen molar-refractivity contribution in [2.24, 2.45) is 20.2 Å². The first kappa shape index (κ1) is 22.7. The zero-order valence-electron chi connectivity index (χ0n) is 18.8. The van der Waals surface area contributed by atoms with Crippen molar-refractivity contribution in [3.05, 3.63) is 33.1 Å². The number of nitrogens with zero attached hydrogens (tertiary/aromatic N) is 3. The Hall–Kier alpha value is -2.46. The first-order valence-electron chi connectivity index (χ1n) is 11.2. The van der Waals surface area contributed by atoms with E-state index in [-0.39, 0.29) is 10.8 Å². The molecule has 0 bridgehead atoms. The third-order valence-corrected chi connectivity index (χ3v) is 8.27. The second kappa shape index (κ2) is 8.82. The lowest BCUT2D eigenvalue weighted by Gasteiger charge is -2.17. The number of hydrogen-bond acceptors (Lipinski definition) is 7. The molecule has 10 heteroatoms. The number of ether oxygens (including phenoxy) is 1. The van der Waals surface area contributed by atoms with Gasteiger partial charge in [0.1, 0.15) is 14.8 Å². The third kappa shape index (κ3) is 4.13. The molecule has 4 aliphatic rings. The number of hydrogen-bond donors (Lipinski definition) is 3. The van der Waals surface area contributed by atoms with Crippen LogP contribution in [0.2, 0.25) is 0 Å². The molecule has 9 nitrogen and oxygen atoms in total. The van der Waals surface area contributed by atoms with Crippen LogP contribution in [0.4, 0.5) is 5.69 Å². The Morgan fingerprint density at radius 1 is 1.22 bits per heavy atom. The molecule has 0 aromatic carbocycles. The summed E-state index contributed by atoms with van der Waals surface area (Å²) in [6, 6.07) is 0. The lowest BCUT2D eigenvalue weighted by Crippen LogP contribution is -2.28. The average Bonchev–Trinajstić information content (AvgIpc) is 3.25. The largest absolute Gasteiger partial charge is 0.477 e. The zero-order chi connectivity index (χ0) is 22.9. The highest BCUT2D eigenvalue weighted by atomic mass is 32.2. The molecule has 5 rings (SSSR count). The number of carbonyl (C=O) groups is 1. The monoisotopic (exact) mass is 460 g/mol. The maximum atomic E-state index is 11.9. The minimum atomic E-state index is -2.99. The topological polar surface area (TPSA) is 145 Å². The summed E-state index contributed by atoms with van der Waals surface area (Å²) in [4.78, 5) is 20.1. The smallest absolute Gasteiger partial charge is 0.229 e. The summed E-state index contributed by atoms with van der Waals surface area (Å²) >= 11 is 0. The summed E-state index contributed by atoms with van der Waals surface area (Å²) < 4.78 is 20.8. The Bertz CT molecular complexity index is 1110. The van der Waals surface area contributed by atoms with Crippen molar-refractivity contribution in [1.82, 2.24) is 4.98 Å². The molecule has 1 saturated carbocycles. The Labute approximate surface area is 189 Å². The molecular weight excluding hydrogens is 428 g/mol. The summed E-state index contributed by atoms with van der Waals surface area (Å²) in [6.45, 7) is 2.77. The van der Waals surface area contributed by atoms with Crippen molar-refractivity contribution in [2.75, 3.05) is 25.5 Å². The van der Waals surface area contributed by atoms with Crippen molar-refractivity contribution in [1.29, 1.82) is 0 Å². The Morgan fingerprint density at radius 2 is 2.00 bits per heavy atom. The van der Waals surface area contributed by atoms with Gasteiger partial charge >= 0.3 is 0 Å². The fraction of sp³-hybridized carbons (Fsp3) is 0.591. The van der Waals surface area contributed by atoms with Crippen molar-refractivity contribution in [2.45, 2.75) is 63.7 Å². The summed E-state index contributed by atoms with van der Waals surface area (Å²) in [5.74, 6) is 0.263. The number of aliphatic imine (C=N–C) groups is 1. The number of aryl methyl sites for hydroxylation is 1. The maximum Gasteiger partial charge on any atom is 0.229 e. The van der Waals surface area contributed by atoms with Crippen LogP contribution < -0.4 is 16.2 Å². The molecule has 1 atom stereocenters. The number of aromatic nitrogens is 1. The van der Waals surface area contributed by atoms with Gasteiger partial charge in [0.25, 0.3) is 0 Å². The molecule has 1 unspecified atom stereocenters. The summed E-state index contributed by atoms with van der Waals surface area (Å²) in [7, 11) is -1.60. The van der Waals surface area contributed by atoms with E-state index in [0.717, 1.165) is 37.8 Å². The first-order chi connectivity index (χ1) is 15.3. The van der Waals surface area contributed by atoms with Crippen molar-refractivity contribution in [3.8, 4) is 0 Å². The average molecular weight is 461 g/mol. The predicted molar refractivity (Wildman–Crippen MR) is 126 cm³/mol. The molecule has 0 radical (unpaired) electrons. The molecule has 1 fully saturated rings. The van der Waals surface area contributed by atoms with E-state index in [9.17, 15) is 9.00 Å². The second-order valence-electron chi connectivity index (χ2n) is 8.79. The van der Waals surface area contributed by atoms with Gasteiger partial charge in [-0.3, -0.25) is 14.8 Å². The van der Waals surface area contributed by atoms with Gasteiger partial charge in [0, 0.05) is 36.8 Å². The van der Waals surface area contributed by atoms with Gasteiger partial charge in [-0.05, 0) is 63.0 Å². The third-order valence-electron chi connectivity index (χ3n) is 6.65. The van der Waals surface area contributed by atoms with Crippen LogP contribution in [0, 0.1) is 0 Å². The molecule has 174 valence electrons. The van der Waals surface area contributed by atoms with Crippen LogP contribution in [-0.4, -0.2) is 41.7 Å². The van der Waals surface area contributed by atoms with Crippen LogP contribution >= 0.6 is 0 Å². The van der Waals surface area contributed by atoms with E-state index < -0.39 is 9.92 Å². The van der Waals surface area contributed by atoms with Gasteiger partial charge in [-0.1, -0.05) is 0 Å². The standard InChI is InChI=1S/C14H16N2O.C8H16N4O2S/c17-8-15-12-9-2-1-3-11(9)16-13-10(12)4-5-14(13)6-7-14;1-6(9)7(15(10,13)11-2)8-12-4-3-5-14-8/h8H,1-7H2,(H,15,16,17);3-5,9H2,1-2H3,(H2,10,11,13)/b;7-6+. The molecule has 1 spiro atoms. The van der Waals surface area contributed by atoms with Crippen LogP contribution in [0.3, 0.4) is 0 Å². The van der Waals surface area contributed by atoms with Gasteiger partial charge in [0.2, 0.25) is 12.3 Å². The molecule has 2 heterocycles. The van der Waals surface area contributed by atoms with E-state index in [0.29, 0.717) is 24.3 Å². The van der Waals surface area contributed by atoms with E-state index >= 15 is 0 Å². The lowest BCUT2D eigenvalue weighted by molar-refractivity contribution is -0.105. The van der Waals surface area contributed by atoms with E-state index in [2.05, 4.69) is 14.7 Å². The van der Waals surface area contributed by atoms with Gasteiger partial charge in [0.15, 0.2) is 0 Å². The molecule has 5 N–H and O–H groups in total. The number of anilines is 1. The number of rotatable bonds is 4. The van der Waals surface area contributed by atoms with Gasteiger partial charge in [-0.15, -0.1) is 0 Å². The van der Waals surface area contributed by atoms with Crippen molar-refractivity contribution < 1.29 is 13.7 Å². The number of amides is 1. The molecule has 1 amide bonds. The highest BCUT2D eigenvalue weighted by molar-refractivity contribution is 7.96. The number of carbonyl (C=O) groups excluding carboxylic acids is 1. The highest BCUT2D eigenvalue weighted by Crippen LogP contribution is 2.58. The maximum absolute atomic E-state index is 11.9. The number of nitrogens with two attached hydrogens (primary N) is 2. The van der Waals surface area contributed by atoms with E-state index in [1.807, 2.05) is 0 Å². The van der Waals surface area contributed by atoms with Crippen molar-refractivity contribution in [3.63, 3.8) is 0 Å². The molecule has 1 aromatic rings. The van der Waals surface area contributed by atoms with Crippen molar-refractivity contribution >= 4 is 27.9 Å². The van der Waals surface area contributed by atoms with Gasteiger partial charge < -0.3 is 15.8 Å². The molecule has 1 aromatic heterocycles. The van der Waals surface area contributed by atoms with E-state index in [1.54, 1.807) is 6.92 Å². The second-order valence-corrected chi connectivity index (χ2v) is 10.7. The quantitative estimate of drug-likeness (QED) is 0.589. The van der Waals surface area contributed by atoms with Crippen LogP contribution in [0.5, 0.6) is 0 Å². The number of nitrogens with one attached hydrogen (secondary N) is 1. The SMILES string of the molecule is CN=S(N)(=O)/C(C1=NCCCO1)=C(\C)N.O=CNc1c2c(nc3c1CCC31CC1)CCC2. The number of pyridine rings is 1. The highest BCUT2D eigenvalue weighted by Gasteiger charge is 2.51. The molecule has 32 heavy (non-hydrogen) atoms. The Morgan fingerprint density at radius 3 is 2.59 bits per heavy atom. The summed E-state index contributed by atoms with van der Waals surface area (Å²) in [6.07, 6.45) is 9.97. The van der Waals surface area contributed by atoms with E-state index in [4.69, 9.17) is 20.6 Å². The molecular formula is C22H32N6O3S. The zero-order valence-corrected chi connectivity index (χ0v) is 19.6. The van der Waals surface area contributed by atoms with Gasteiger partial charge in [-0.25, -0.2) is 13.7 Å². The van der Waals surface area contributed by atoms with Crippen LogP contribution in [0.1, 0.15) is 61.5 Å².